The second-order valence-corrected chi connectivity index (χ2v) is 5.08. The van der Waals surface area contributed by atoms with Crippen molar-refractivity contribution in [1.82, 2.24) is 0 Å². The fourth-order valence-corrected chi connectivity index (χ4v) is 2.28. The Morgan fingerprint density at radius 3 is 2.47 bits per heavy atom. The van der Waals surface area contributed by atoms with Crippen molar-refractivity contribution < 1.29 is 9.52 Å². The van der Waals surface area contributed by atoms with Crippen molar-refractivity contribution >= 4 is 26.9 Å². The van der Waals surface area contributed by atoms with E-state index >= 15 is 0 Å². The molecule has 2 aromatic carbocycles. The summed E-state index contributed by atoms with van der Waals surface area (Å²) in [6.45, 7) is 0. The monoisotopic (exact) mass is 316 g/mol. The van der Waals surface area contributed by atoms with E-state index in [1.807, 2.05) is 24.3 Å². The van der Waals surface area contributed by atoms with Crippen LogP contribution in [-0.2, 0) is 0 Å². The van der Waals surface area contributed by atoms with Gasteiger partial charge in [0.15, 0.2) is 0 Å². The number of halogens is 1. The largest absolute Gasteiger partial charge is 0.508 e. The molecule has 0 atom stereocenters. The summed E-state index contributed by atoms with van der Waals surface area (Å²) in [6, 6.07) is 13.9. The van der Waals surface area contributed by atoms with E-state index in [9.17, 15) is 9.90 Å². The average molecular weight is 317 g/mol. The van der Waals surface area contributed by atoms with Crippen LogP contribution >= 0.6 is 15.9 Å². The second kappa shape index (κ2) is 4.55. The Balaban J connectivity index is 2.34. The van der Waals surface area contributed by atoms with E-state index in [2.05, 4.69) is 15.9 Å². The van der Waals surface area contributed by atoms with Crippen molar-refractivity contribution in [2.45, 2.75) is 0 Å². The van der Waals surface area contributed by atoms with Gasteiger partial charge in [-0.1, -0.05) is 28.1 Å². The number of hydrogen-bond acceptors (Lipinski definition) is 3. The number of hydrogen-bond donors (Lipinski definition) is 1. The van der Waals surface area contributed by atoms with Crippen molar-refractivity contribution in [1.29, 1.82) is 0 Å². The van der Waals surface area contributed by atoms with Gasteiger partial charge in [0.1, 0.15) is 11.3 Å². The number of aromatic hydroxyl groups is 1. The zero-order valence-electron chi connectivity index (χ0n) is 9.76. The van der Waals surface area contributed by atoms with Crippen molar-refractivity contribution in [3.63, 3.8) is 0 Å². The first-order valence-electron chi connectivity index (χ1n) is 5.66. The highest BCUT2D eigenvalue weighted by molar-refractivity contribution is 9.10. The van der Waals surface area contributed by atoms with Crippen molar-refractivity contribution in [2.75, 3.05) is 0 Å². The normalized spacial score (nSPS) is 10.8. The average Bonchev–Trinajstić information content (AvgIpc) is 2.38. The summed E-state index contributed by atoms with van der Waals surface area (Å²) in [5, 5.41) is 10.2. The summed E-state index contributed by atoms with van der Waals surface area (Å²) in [7, 11) is 0. The summed E-state index contributed by atoms with van der Waals surface area (Å²) in [5.74, 6) is 0.0728. The molecule has 94 valence electrons. The Morgan fingerprint density at radius 1 is 1.00 bits per heavy atom. The first kappa shape index (κ1) is 12.0. The SMILES string of the molecule is O=c1cc(-c2ccc(Br)cc2)c2ccc(O)cc2o1. The minimum absolute atomic E-state index is 0.0728. The molecule has 1 aromatic heterocycles. The minimum atomic E-state index is -0.434. The third-order valence-electron chi connectivity index (χ3n) is 2.88. The van der Waals surface area contributed by atoms with Crippen LogP contribution in [0.3, 0.4) is 0 Å². The lowest BCUT2D eigenvalue weighted by Gasteiger charge is -2.06. The molecule has 0 bridgehead atoms. The lowest BCUT2D eigenvalue weighted by atomic mass is 10.0. The van der Waals surface area contributed by atoms with Gasteiger partial charge in [-0.15, -0.1) is 0 Å². The van der Waals surface area contributed by atoms with Gasteiger partial charge in [-0.05, 0) is 35.4 Å². The Kier molecular flexibility index (Phi) is 2.87. The summed E-state index contributed by atoms with van der Waals surface area (Å²) >= 11 is 3.38. The lowest BCUT2D eigenvalue weighted by Crippen LogP contribution is -1.97. The molecule has 19 heavy (non-hydrogen) atoms. The van der Waals surface area contributed by atoms with Gasteiger partial charge < -0.3 is 9.52 Å². The van der Waals surface area contributed by atoms with Gasteiger partial charge in [0, 0.05) is 22.0 Å². The van der Waals surface area contributed by atoms with Crippen molar-refractivity contribution in [2.24, 2.45) is 0 Å². The molecule has 0 aliphatic heterocycles. The first-order chi connectivity index (χ1) is 9.13. The molecule has 1 N–H and O–H groups in total. The molecule has 0 amide bonds. The Labute approximate surface area is 117 Å². The fourth-order valence-electron chi connectivity index (χ4n) is 2.02. The van der Waals surface area contributed by atoms with E-state index in [4.69, 9.17) is 4.42 Å². The highest BCUT2D eigenvalue weighted by Gasteiger charge is 2.08. The molecule has 3 rings (SSSR count). The van der Waals surface area contributed by atoms with Crippen LogP contribution in [0.4, 0.5) is 0 Å². The van der Waals surface area contributed by atoms with Crippen LogP contribution in [0, 0.1) is 0 Å². The maximum Gasteiger partial charge on any atom is 0.336 e. The predicted molar refractivity (Wildman–Crippen MR) is 77.3 cm³/mol. The molecule has 0 aliphatic rings. The zero-order valence-corrected chi connectivity index (χ0v) is 11.3. The van der Waals surface area contributed by atoms with Crippen LogP contribution in [0.2, 0.25) is 0 Å². The van der Waals surface area contributed by atoms with E-state index in [1.54, 1.807) is 12.1 Å². The molecule has 0 aliphatic carbocycles. The highest BCUT2D eigenvalue weighted by Crippen LogP contribution is 2.29. The quantitative estimate of drug-likeness (QED) is 0.692. The van der Waals surface area contributed by atoms with E-state index in [-0.39, 0.29) is 5.75 Å². The fraction of sp³-hybridized carbons (Fsp3) is 0. The minimum Gasteiger partial charge on any atom is -0.508 e. The lowest BCUT2D eigenvalue weighted by molar-refractivity contribution is 0.473. The Hall–Kier alpha value is -2.07. The van der Waals surface area contributed by atoms with Gasteiger partial charge in [-0.3, -0.25) is 0 Å². The first-order valence-corrected chi connectivity index (χ1v) is 6.45. The van der Waals surface area contributed by atoms with Crippen LogP contribution < -0.4 is 5.63 Å². The number of benzene rings is 2. The molecule has 0 fully saturated rings. The predicted octanol–water partition coefficient (Wildman–Crippen LogP) is 3.93. The smallest absolute Gasteiger partial charge is 0.336 e. The zero-order chi connectivity index (χ0) is 13.4. The number of fused-ring (bicyclic) bond motifs is 1. The molecular weight excluding hydrogens is 308 g/mol. The molecule has 3 nitrogen and oxygen atoms in total. The molecule has 3 aromatic rings. The van der Waals surface area contributed by atoms with Crippen LogP contribution in [0.5, 0.6) is 5.75 Å². The molecule has 0 radical (unpaired) electrons. The van der Waals surface area contributed by atoms with Gasteiger partial charge in [-0.2, -0.15) is 0 Å². The molecule has 0 unspecified atom stereocenters. The standard InChI is InChI=1S/C15H9BrO3/c16-10-3-1-9(2-4-10)13-8-15(18)19-14-7-11(17)5-6-12(13)14/h1-8,17H. The molecular formula is C15H9BrO3. The molecule has 4 heteroatoms. The van der Waals surface area contributed by atoms with Gasteiger partial charge in [0.05, 0.1) is 0 Å². The van der Waals surface area contributed by atoms with Gasteiger partial charge in [0.2, 0.25) is 0 Å². The van der Waals surface area contributed by atoms with E-state index in [1.165, 1.54) is 12.1 Å². The molecule has 0 saturated heterocycles. The van der Waals surface area contributed by atoms with Crippen LogP contribution in [0.1, 0.15) is 0 Å². The van der Waals surface area contributed by atoms with Gasteiger partial charge in [-0.25, -0.2) is 4.79 Å². The van der Waals surface area contributed by atoms with Crippen LogP contribution in [-0.4, -0.2) is 5.11 Å². The topological polar surface area (TPSA) is 50.4 Å². The molecule has 0 saturated carbocycles. The summed E-state index contributed by atoms with van der Waals surface area (Å²) in [6.07, 6.45) is 0. The third-order valence-corrected chi connectivity index (χ3v) is 3.41. The number of phenolic OH excluding ortho intramolecular Hbond substituents is 1. The van der Waals surface area contributed by atoms with Crippen LogP contribution in [0.25, 0.3) is 22.1 Å². The van der Waals surface area contributed by atoms with Crippen molar-refractivity contribution in [3.05, 3.63) is 63.4 Å². The number of phenols is 1. The van der Waals surface area contributed by atoms with Gasteiger partial charge in [0.25, 0.3) is 0 Å². The van der Waals surface area contributed by atoms with E-state index < -0.39 is 5.63 Å². The Bertz CT molecular complexity index is 804. The Morgan fingerprint density at radius 2 is 1.74 bits per heavy atom. The maximum atomic E-state index is 11.6. The molecule has 1 heterocycles. The summed E-state index contributed by atoms with van der Waals surface area (Å²) < 4.78 is 6.08. The number of rotatable bonds is 1. The second-order valence-electron chi connectivity index (χ2n) is 4.17. The third kappa shape index (κ3) is 2.27. The molecule has 0 spiro atoms. The van der Waals surface area contributed by atoms with Crippen molar-refractivity contribution in [3.8, 4) is 16.9 Å². The van der Waals surface area contributed by atoms with Crippen LogP contribution in [0.15, 0.2) is 62.2 Å². The highest BCUT2D eigenvalue weighted by atomic mass is 79.9. The van der Waals surface area contributed by atoms with E-state index in [0.29, 0.717) is 5.58 Å². The van der Waals surface area contributed by atoms with Gasteiger partial charge >= 0.3 is 5.63 Å². The summed E-state index contributed by atoms with van der Waals surface area (Å²) in [5.41, 5.74) is 1.66. The van der Waals surface area contributed by atoms with E-state index in [0.717, 1.165) is 21.0 Å². The maximum absolute atomic E-state index is 11.6. The summed E-state index contributed by atoms with van der Waals surface area (Å²) in [4.78, 5) is 11.6.